The van der Waals surface area contributed by atoms with E-state index in [1.54, 1.807) is 12.1 Å². The number of hydrogen-bond donors (Lipinski definition) is 1. The van der Waals surface area contributed by atoms with Gasteiger partial charge in [0.1, 0.15) is 11.6 Å². The Kier molecular flexibility index (Phi) is 5.28. The van der Waals surface area contributed by atoms with E-state index in [4.69, 9.17) is 4.74 Å². The van der Waals surface area contributed by atoms with E-state index in [1.165, 1.54) is 17.3 Å². The molecule has 0 amide bonds. The molecule has 1 heterocycles. The third-order valence-corrected chi connectivity index (χ3v) is 4.67. The summed E-state index contributed by atoms with van der Waals surface area (Å²) in [6, 6.07) is 4.66. The summed E-state index contributed by atoms with van der Waals surface area (Å²) in [6.45, 7) is 3.58. The number of aldehydes is 1. The molecule has 0 aliphatic carbocycles. The van der Waals surface area contributed by atoms with Gasteiger partial charge in [0.25, 0.3) is 0 Å². The van der Waals surface area contributed by atoms with E-state index in [1.807, 2.05) is 6.92 Å². The molecule has 0 fully saturated rings. The Morgan fingerprint density at radius 1 is 1.33 bits per heavy atom. The average Bonchev–Trinajstić information content (AvgIpc) is 2.88. The highest BCUT2D eigenvalue weighted by Crippen LogP contribution is 2.29. The van der Waals surface area contributed by atoms with Gasteiger partial charge in [-0.05, 0) is 24.6 Å². The number of aromatic nitrogens is 1. The third-order valence-electron chi connectivity index (χ3n) is 3.49. The monoisotopic (exact) mass is 352 g/mol. The molecular formula is C16H20N2O5S. The Labute approximate surface area is 140 Å². The number of unbranched alkanes of at least 4 members (excludes halogenated alkanes) is 1. The summed E-state index contributed by atoms with van der Waals surface area (Å²) in [5.74, 6) is 0.119. The van der Waals surface area contributed by atoms with Crippen molar-refractivity contribution in [1.82, 2.24) is 4.98 Å². The molecule has 0 aliphatic rings. The van der Waals surface area contributed by atoms with Crippen molar-refractivity contribution in [3.05, 3.63) is 23.8 Å². The van der Waals surface area contributed by atoms with Crippen molar-refractivity contribution in [3.8, 4) is 5.75 Å². The standard InChI is InChI=1S/C16H20N2O5S/c1-4-5-6-18(24(3,21)22)15-9-12-7-14(23-11(2)20)8-13(10-19)16(12)17-15/h7-10,17H,4-6H2,1-3H3. The first kappa shape index (κ1) is 18.0. The maximum absolute atomic E-state index is 12.0. The Bertz CT molecular complexity index is 870. The third kappa shape index (κ3) is 3.94. The summed E-state index contributed by atoms with van der Waals surface area (Å²) in [5, 5.41) is 0.594. The van der Waals surface area contributed by atoms with Crippen LogP contribution in [0.1, 0.15) is 37.0 Å². The van der Waals surface area contributed by atoms with E-state index in [-0.39, 0.29) is 5.75 Å². The summed E-state index contributed by atoms with van der Waals surface area (Å²) in [7, 11) is -3.46. The smallest absolute Gasteiger partial charge is 0.308 e. The molecule has 0 atom stereocenters. The first-order valence-electron chi connectivity index (χ1n) is 7.54. The second-order valence-corrected chi connectivity index (χ2v) is 7.44. The van der Waals surface area contributed by atoms with E-state index >= 15 is 0 Å². The van der Waals surface area contributed by atoms with E-state index in [9.17, 15) is 18.0 Å². The summed E-state index contributed by atoms with van der Waals surface area (Å²) in [5.41, 5.74) is 0.792. The second-order valence-electron chi connectivity index (χ2n) is 5.53. The predicted octanol–water partition coefficient (Wildman–Crippen LogP) is 2.47. The van der Waals surface area contributed by atoms with Gasteiger partial charge in [-0.2, -0.15) is 0 Å². The number of aromatic amines is 1. The van der Waals surface area contributed by atoms with Gasteiger partial charge in [0.15, 0.2) is 6.29 Å². The number of carbonyl (C=O) groups excluding carboxylic acids is 2. The van der Waals surface area contributed by atoms with Crippen LogP contribution in [0.4, 0.5) is 5.82 Å². The van der Waals surface area contributed by atoms with Gasteiger partial charge in [0.2, 0.25) is 10.0 Å². The van der Waals surface area contributed by atoms with E-state index < -0.39 is 16.0 Å². The summed E-state index contributed by atoms with van der Waals surface area (Å²) in [4.78, 5) is 25.4. The fourth-order valence-corrected chi connectivity index (χ4v) is 3.36. The van der Waals surface area contributed by atoms with Gasteiger partial charge in [0, 0.05) is 24.4 Å². The van der Waals surface area contributed by atoms with Crippen LogP contribution < -0.4 is 9.04 Å². The van der Waals surface area contributed by atoms with Gasteiger partial charge in [0.05, 0.1) is 11.8 Å². The first-order chi connectivity index (χ1) is 11.3. The molecule has 2 aromatic rings. The number of ether oxygens (including phenoxy) is 1. The normalized spacial score (nSPS) is 11.5. The first-order valence-corrected chi connectivity index (χ1v) is 9.39. The van der Waals surface area contributed by atoms with Crippen LogP contribution in [0.3, 0.4) is 0 Å². The van der Waals surface area contributed by atoms with E-state index in [0.717, 1.165) is 12.7 Å². The van der Waals surface area contributed by atoms with Crippen molar-refractivity contribution in [3.63, 3.8) is 0 Å². The number of fused-ring (bicyclic) bond motifs is 1. The lowest BCUT2D eigenvalue weighted by atomic mass is 10.1. The van der Waals surface area contributed by atoms with Crippen LogP contribution in [0.15, 0.2) is 18.2 Å². The van der Waals surface area contributed by atoms with Crippen molar-refractivity contribution < 1.29 is 22.7 Å². The molecule has 0 saturated heterocycles. The van der Waals surface area contributed by atoms with Crippen molar-refractivity contribution in [2.75, 3.05) is 17.1 Å². The SMILES string of the molecule is CCCCN(c1cc2cc(OC(C)=O)cc(C=O)c2[nH]1)S(C)(=O)=O. The number of hydrogen-bond acceptors (Lipinski definition) is 5. The van der Waals surface area contributed by atoms with Gasteiger partial charge in [-0.15, -0.1) is 0 Å². The summed E-state index contributed by atoms with van der Waals surface area (Å²) >= 11 is 0. The van der Waals surface area contributed by atoms with Gasteiger partial charge >= 0.3 is 5.97 Å². The number of rotatable bonds is 7. The minimum atomic E-state index is -3.46. The molecule has 24 heavy (non-hydrogen) atoms. The zero-order valence-electron chi connectivity index (χ0n) is 13.8. The van der Waals surface area contributed by atoms with Crippen LogP contribution in [0.25, 0.3) is 10.9 Å². The fraction of sp³-hybridized carbons (Fsp3) is 0.375. The van der Waals surface area contributed by atoms with Gasteiger partial charge in [-0.3, -0.25) is 13.9 Å². The van der Waals surface area contributed by atoms with E-state index in [2.05, 4.69) is 4.98 Å². The molecule has 0 spiro atoms. The lowest BCUT2D eigenvalue weighted by Crippen LogP contribution is -2.31. The van der Waals surface area contributed by atoms with Crippen LogP contribution in [0, 0.1) is 0 Å². The molecule has 1 aromatic heterocycles. The number of esters is 1. The van der Waals surface area contributed by atoms with Gasteiger partial charge in [-0.25, -0.2) is 8.42 Å². The van der Waals surface area contributed by atoms with Crippen LogP contribution in [0.5, 0.6) is 5.75 Å². The average molecular weight is 352 g/mol. The Balaban J connectivity index is 2.56. The minimum absolute atomic E-state index is 0.238. The number of H-pyrrole nitrogens is 1. The zero-order valence-corrected chi connectivity index (χ0v) is 14.6. The Morgan fingerprint density at radius 3 is 2.58 bits per heavy atom. The molecule has 0 unspecified atom stereocenters. The molecule has 2 rings (SSSR count). The summed E-state index contributed by atoms with van der Waals surface area (Å²) < 4.78 is 30.4. The predicted molar refractivity (Wildman–Crippen MR) is 92.1 cm³/mol. The molecule has 1 aromatic carbocycles. The molecule has 0 bridgehead atoms. The van der Waals surface area contributed by atoms with Crippen molar-refractivity contribution in [2.24, 2.45) is 0 Å². The van der Waals surface area contributed by atoms with Gasteiger partial charge < -0.3 is 9.72 Å². The molecule has 130 valence electrons. The quantitative estimate of drug-likeness (QED) is 0.469. The van der Waals surface area contributed by atoms with Crippen molar-refractivity contribution >= 4 is 39.0 Å². The van der Waals surface area contributed by atoms with E-state index in [0.29, 0.717) is 41.5 Å². The highest BCUT2D eigenvalue weighted by atomic mass is 32.2. The molecule has 0 aliphatic heterocycles. The van der Waals surface area contributed by atoms with Gasteiger partial charge in [-0.1, -0.05) is 13.3 Å². The van der Waals surface area contributed by atoms with Crippen LogP contribution in [-0.2, 0) is 14.8 Å². The number of carbonyl (C=O) groups is 2. The summed E-state index contributed by atoms with van der Waals surface area (Å²) in [6.07, 6.45) is 3.33. The molecular weight excluding hydrogens is 332 g/mol. The van der Waals surface area contributed by atoms with Crippen molar-refractivity contribution in [2.45, 2.75) is 26.7 Å². The maximum atomic E-state index is 12.0. The Morgan fingerprint density at radius 2 is 2.04 bits per heavy atom. The number of anilines is 1. The topological polar surface area (TPSA) is 96.5 Å². The lowest BCUT2D eigenvalue weighted by Gasteiger charge is -2.20. The highest BCUT2D eigenvalue weighted by molar-refractivity contribution is 7.92. The largest absolute Gasteiger partial charge is 0.427 e. The molecule has 1 N–H and O–H groups in total. The maximum Gasteiger partial charge on any atom is 0.308 e. The fourth-order valence-electron chi connectivity index (χ4n) is 2.45. The number of nitrogens with zero attached hydrogens (tertiary/aromatic N) is 1. The van der Waals surface area contributed by atoms with Crippen LogP contribution >= 0.6 is 0 Å². The van der Waals surface area contributed by atoms with Crippen LogP contribution in [-0.4, -0.2) is 38.5 Å². The molecule has 0 saturated carbocycles. The molecule has 0 radical (unpaired) electrons. The Hall–Kier alpha value is -2.35. The highest BCUT2D eigenvalue weighted by Gasteiger charge is 2.20. The minimum Gasteiger partial charge on any atom is -0.427 e. The number of sulfonamides is 1. The molecule has 7 nitrogen and oxygen atoms in total. The zero-order chi connectivity index (χ0) is 17.9. The number of benzene rings is 1. The molecule has 8 heteroatoms. The second kappa shape index (κ2) is 7.04. The number of nitrogens with one attached hydrogen (secondary N) is 1. The lowest BCUT2D eigenvalue weighted by molar-refractivity contribution is -0.131. The van der Waals surface area contributed by atoms with Crippen molar-refractivity contribution in [1.29, 1.82) is 0 Å². The van der Waals surface area contributed by atoms with Crippen LogP contribution in [0.2, 0.25) is 0 Å².